The minimum absolute atomic E-state index is 0.509. The van der Waals surface area contributed by atoms with Gasteiger partial charge in [-0.1, -0.05) is 32.0 Å². The molecule has 0 spiro atoms. The van der Waals surface area contributed by atoms with E-state index >= 15 is 0 Å². The number of benzene rings is 2. The molecule has 198 valence electrons. The minimum atomic E-state index is 0.509. The van der Waals surface area contributed by atoms with E-state index in [0.717, 1.165) is 66.4 Å². The molecule has 1 N–H and O–H groups in total. The van der Waals surface area contributed by atoms with Crippen LogP contribution in [0.5, 0.6) is 0 Å². The van der Waals surface area contributed by atoms with Crippen LogP contribution in [0.2, 0.25) is 0 Å². The summed E-state index contributed by atoms with van der Waals surface area (Å²) in [4.78, 5) is 17.9. The summed E-state index contributed by atoms with van der Waals surface area (Å²) in [5, 5.41) is 8.80. The summed E-state index contributed by atoms with van der Waals surface area (Å²) in [7, 11) is 4.34. The first-order chi connectivity index (χ1) is 18.2. The third-order valence-corrected chi connectivity index (χ3v) is 8.51. The first kappa shape index (κ1) is 24.9. The molecule has 4 aromatic rings. The molecule has 4 heterocycles. The molecule has 0 radical (unpaired) electrons. The Morgan fingerprint density at radius 1 is 0.974 bits per heavy atom. The highest BCUT2D eigenvalue weighted by Crippen LogP contribution is 2.38. The van der Waals surface area contributed by atoms with Crippen molar-refractivity contribution in [1.29, 1.82) is 0 Å². The fourth-order valence-corrected chi connectivity index (χ4v) is 5.92. The first-order valence-corrected chi connectivity index (χ1v) is 13.8. The summed E-state index contributed by atoms with van der Waals surface area (Å²) in [6.45, 7) is 14.8. The Morgan fingerprint density at radius 2 is 1.74 bits per heavy atom. The van der Waals surface area contributed by atoms with Crippen LogP contribution in [0.25, 0.3) is 22.3 Å². The summed E-state index contributed by atoms with van der Waals surface area (Å²) in [6.07, 6.45) is 0.910. The van der Waals surface area contributed by atoms with Crippen molar-refractivity contribution < 1.29 is 0 Å². The second-order valence-electron chi connectivity index (χ2n) is 11.7. The van der Waals surface area contributed by atoms with Gasteiger partial charge in [0.05, 0.1) is 16.9 Å². The van der Waals surface area contributed by atoms with Gasteiger partial charge < -0.3 is 14.7 Å². The monoisotopic (exact) mass is 509 g/mol. The maximum atomic E-state index is 5.33. The number of anilines is 2. The average Bonchev–Trinajstić information content (AvgIpc) is 3.23. The minimum Gasteiger partial charge on any atom is -0.366 e. The summed E-state index contributed by atoms with van der Waals surface area (Å²) in [5.74, 6) is 2.43. The van der Waals surface area contributed by atoms with Crippen molar-refractivity contribution in [3.05, 3.63) is 64.0 Å². The maximum Gasteiger partial charge on any atom is 0.162 e. The number of fused-ring (bicyclic) bond motifs is 2. The van der Waals surface area contributed by atoms with E-state index in [1.165, 1.54) is 33.6 Å². The van der Waals surface area contributed by atoms with Crippen LogP contribution in [-0.2, 0) is 13.0 Å². The van der Waals surface area contributed by atoms with E-state index in [1.54, 1.807) is 0 Å². The SMILES string of the molecule is Cc1ccc(C(C)C)cc1N1CCc2nc(-c3c(C)ccc4[nH]nc(C)c34)nc(N3CC(N(C)C)C3)c2C1. The highest BCUT2D eigenvalue weighted by atomic mass is 15.3. The highest BCUT2D eigenvalue weighted by molar-refractivity contribution is 5.96. The van der Waals surface area contributed by atoms with Crippen molar-refractivity contribution in [3.63, 3.8) is 0 Å². The van der Waals surface area contributed by atoms with Crippen LogP contribution in [0, 0.1) is 20.8 Å². The summed E-state index contributed by atoms with van der Waals surface area (Å²) >= 11 is 0. The number of nitrogens with one attached hydrogen (secondary N) is 1. The Kier molecular flexibility index (Phi) is 6.14. The molecule has 7 heteroatoms. The Morgan fingerprint density at radius 3 is 2.47 bits per heavy atom. The molecule has 0 unspecified atom stereocenters. The third kappa shape index (κ3) is 4.13. The molecule has 2 aliphatic heterocycles. The van der Waals surface area contributed by atoms with Crippen molar-refractivity contribution in [2.45, 2.75) is 59.5 Å². The Hall–Kier alpha value is -3.45. The van der Waals surface area contributed by atoms with Crippen LogP contribution in [0.4, 0.5) is 11.5 Å². The van der Waals surface area contributed by atoms with Gasteiger partial charge in [0.25, 0.3) is 0 Å². The van der Waals surface area contributed by atoms with Gasteiger partial charge in [-0.05, 0) is 69.6 Å². The van der Waals surface area contributed by atoms with Crippen molar-refractivity contribution >= 4 is 22.4 Å². The van der Waals surface area contributed by atoms with Crippen LogP contribution in [0.1, 0.15) is 53.4 Å². The number of hydrogen-bond acceptors (Lipinski definition) is 6. The van der Waals surface area contributed by atoms with Gasteiger partial charge in [-0.15, -0.1) is 0 Å². The fourth-order valence-electron chi connectivity index (χ4n) is 5.92. The number of aryl methyl sites for hydroxylation is 3. The molecule has 2 aromatic carbocycles. The van der Waals surface area contributed by atoms with Gasteiger partial charge in [-0.2, -0.15) is 5.10 Å². The summed E-state index contributed by atoms with van der Waals surface area (Å²) < 4.78 is 0. The second kappa shape index (κ2) is 9.38. The zero-order valence-corrected chi connectivity index (χ0v) is 23.8. The van der Waals surface area contributed by atoms with Crippen LogP contribution in [-0.4, -0.2) is 64.8 Å². The number of nitrogens with zero attached hydrogens (tertiary/aromatic N) is 6. The smallest absolute Gasteiger partial charge is 0.162 e. The highest BCUT2D eigenvalue weighted by Gasteiger charge is 2.34. The van der Waals surface area contributed by atoms with Gasteiger partial charge in [-0.3, -0.25) is 5.10 Å². The predicted octanol–water partition coefficient (Wildman–Crippen LogP) is 5.38. The summed E-state index contributed by atoms with van der Waals surface area (Å²) in [5.41, 5.74) is 10.8. The largest absolute Gasteiger partial charge is 0.366 e. The number of rotatable bonds is 5. The zero-order chi connectivity index (χ0) is 26.7. The number of H-pyrrole nitrogens is 1. The van der Waals surface area contributed by atoms with E-state index in [-0.39, 0.29) is 0 Å². The van der Waals surface area contributed by atoms with Gasteiger partial charge in [0.1, 0.15) is 5.82 Å². The number of aromatic amines is 1. The van der Waals surface area contributed by atoms with E-state index in [4.69, 9.17) is 9.97 Å². The molecule has 2 aliphatic rings. The first-order valence-electron chi connectivity index (χ1n) is 13.8. The fraction of sp³-hybridized carbons (Fsp3) is 0.452. The Balaban J connectivity index is 1.46. The molecular weight excluding hydrogens is 470 g/mol. The van der Waals surface area contributed by atoms with Crippen LogP contribution in [0.3, 0.4) is 0 Å². The molecule has 38 heavy (non-hydrogen) atoms. The molecule has 0 bridgehead atoms. The van der Waals surface area contributed by atoms with Gasteiger partial charge in [-0.25, -0.2) is 9.97 Å². The van der Waals surface area contributed by atoms with E-state index < -0.39 is 0 Å². The molecule has 7 nitrogen and oxygen atoms in total. The van der Waals surface area contributed by atoms with E-state index in [1.807, 2.05) is 0 Å². The van der Waals surface area contributed by atoms with E-state index in [9.17, 15) is 0 Å². The van der Waals surface area contributed by atoms with Gasteiger partial charge >= 0.3 is 0 Å². The van der Waals surface area contributed by atoms with E-state index in [2.05, 4.69) is 104 Å². The van der Waals surface area contributed by atoms with E-state index in [0.29, 0.717) is 12.0 Å². The van der Waals surface area contributed by atoms with Gasteiger partial charge in [0.15, 0.2) is 5.82 Å². The second-order valence-corrected chi connectivity index (χ2v) is 11.7. The Labute approximate surface area is 225 Å². The molecule has 1 saturated heterocycles. The molecular formula is C31H39N7. The third-order valence-electron chi connectivity index (χ3n) is 8.51. The lowest BCUT2D eigenvalue weighted by molar-refractivity contribution is 0.245. The van der Waals surface area contributed by atoms with Crippen LogP contribution in [0.15, 0.2) is 30.3 Å². The molecule has 1 fully saturated rings. The predicted molar refractivity (Wildman–Crippen MR) is 156 cm³/mol. The number of aromatic nitrogens is 4. The summed E-state index contributed by atoms with van der Waals surface area (Å²) in [6, 6.07) is 11.7. The molecule has 0 aliphatic carbocycles. The molecule has 2 aromatic heterocycles. The lowest BCUT2D eigenvalue weighted by Crippen LogP contribution is -2.58. The lowest BCUT2D eigenvalue weighted by Gasteiger charge is -2.45. The molecule has 0 atom stereocenters. The Bertz CT molecular complexity index is 1510. The molecule has 0 amide bonds. The maximum absolute atomic E-state index is 5.33. The number of likely N-dealkylation sites (N-methyl/N-ethyl adjacent to an activating group) is 1. The van der Waals surface area contributed by atoms with Crippen molar-refractivity contribution in [2.24, 2.45) is 0 Å². The number of hydrogen-bond donors (Lipinski definition) is 1. The molecule has 0 saturated carbocycles. The van der Waals surface area contributed by atoms with Crippen molar-refractivity contribution in [2.75, 3.05) is 43.5 Å². The zero-order valence-electron chi connectivity index (χ0n) is 23.8. The van der Waals surface area contributed by atoms with Crippen LogP contribution >= 0.6 is 0 Å². The molecule has 6 rings (SSSR count). The topological polar surface area (TPSA) is 64.2 Å². The quantitative estimate of drug-likeness (QED) is 0.390. The van der Waals surface area contributed by atoms with Crippen molar-refractivity contribution in [3.8, 4) is 11.4 Å². The lowest BCUT2D eigenvalue weighted by atomic mass is 9.97. The average molecular weight is 510 g/mol. The normalized spacial score (nSPS) is 16.0. The standard InChI is InChI=1S/C31H39N7/c1-18(2)22-10-8-19(3)27(14-22)37-13-12-25-24(17-37)31(38-15-23(16-38)36(6)7)33-30(32-25)28-20(4)9-11-26-29(28)21(5)34-35-26/h8-11,14,18,23H,12-13,15-17H2,1-7H3,(H,34,35). The van der Waals surface area contributed by atoms with Gasteiger partial charge in [0.2, 0.25) is 0 Å². The van der Waals surface area contributed by atoms with Crippen molar-refractivity contribution in [1.82, 2.24) is 25.1 Å². The van der Waals surface area contributed by atoms with Gasteiger partial charge in [0, 0.05) is 60.8 Å². The van der Waals surface area contributed by atoms with Crippen LogP contribution < -0.4 is 9.80 Å².